The lowest BCUT2D eigenvalue weighted by atomic mass is 9.34. The van der Waals surface area contributed by atoms with E-state index >= 15 is 0 Å². The minimum atomic E-state index is -0.162. The van der Waals surface area contributed by atoms with Crippen LogP contribution >= 0.6 is 0 Å². The van der Waals surface area contributed by atoms with Crippen molar-refractivity contribution in [3.05, 3.63) is 309 Å². The first-order valence-electron chi connectivity index (χ1n) is 30.0. The Bertz CT molecular complexity index is 5060. The molecule has 0 fully saturated rings. The standard InChI is InChI=1S/C82H51BN4/c1-9-25-52(26-10-1)60-45-65(56-33-17-5-18-34-56)75-71(47-60)86-73-49-62(70-51-69(58-37-21-7-22-38-58)84-82(85-70)59-39-23-8-24-40-59)50-74-79(73)83(67-43-41-63(77(75)80(67)86)54-29-13-3-14-30-54)68-44-42-64(55-31-15-4-16-32-55)78-76-66(57-35-19-6-20-36-57)46-61(53-27-11-2-12-28-53)48-72(76)87(74)81(68)78/h1-51H. The van der Waals surface area contributed by atoms with Gasteiger partial charge < -0.3 is 9.13 Å². The van der Waals surface area contributed by atoms with Crippen LogP contribution in [-0.2, 0) is 0 Å². The molecule has 0 aliphatic carbocycles. The highest BCUT2D eigenvalue weighted by molar-refractivity contribution is 7.00. The zero-order chi connectivity index (χ0) is 57.1. The fraction of sp³-hybridized carbons (Fsp3) is 0. The molecule has 3 aromatic heterocycles. The van der Waals surface area contributed by atoms with E-state index in [1.807, 2.05) is 0 Å². The van der Waals surface area contributed by atoms with Gasteiger partial charge in [-0.3, -0.25) is 0 Å². The van der Waals surface area contributed by atoms with Gasteiger partial charge in [0, 0.05) is 49.6 Å². The van der Waals surface area contributed by atoms with E-state index in [1.54, 1.807) is 0 Å². The van der Waals surface area contributed by atoms with E-state index in [-0.39, 0.29) is 6.71 Å². The van der Waals surface area contributed by atoms with Gasteiger partial charge in [0.2, 0.25) is 0 Å². The number of aromatic nitrogens is 4. The Hall–Kier alpha value is -11.4. The fourth-order valence-corrected chi connectivity index (χ4v) is 14.5. The van der Waals surface area contributed by atoms with E-state index in [0.29, 0.717) is 5.82 Å². The van der Waals surface area contributed by atoms with Crippen molar-refractivity contribution in [2.24, 2.45) is 0 Å². The van der Waals surface area contributed by atoms with Gasteiger partial charge in [-0.15, -0.1) is 0 Å². The molecule has 0 saturated carbocycles. The normalized spacial score (nSPS) is 12.1. The van der Waals surface area contributed by atoms with Crippen molar-refractivity contribution in [3.63, 3.8) is 0 Å². The van der Waals surface area contributed by atoms with Crippen LogP contribution < -0.4 is 16.4 Å². The number of rotatable bonds is 9. The van der Waals surface area contributed by atoms with E-state index in [1.165, 1.54) is 105 Å². The second kappa shape index (κ2) is 19.6. The molecule has 0 spiro atoms. The molecule has 0 amide bonds. The van der Waals surface area contributed by atoms with Crippen molar-refractivity contribution < 1.29 is 0 Å². The fourth-order valence-electron chi connectivity index (χ4n) is 14.5. The first kappa shape index (κ1) is 49.1. The monoisotopic (exact) mass is 1100 g/mol. The average molecular weight is 1100 g/mol. The Labute approximate surface area is 504 Å². The Balaban J connectivity index is 1.06. The van der Waals surface area contributed by atoms with E-state index in [2.05, 4.69) is 319 Å². The predicted octanol–water partition coefficient (Wildman–Crippen LogP) is 18.8. The van der Waals surface area contributed by atoms with Gasteiger partial charge in [-0.2, -0.15) is 0 Å². The largest absolute Gasteiger partial charge is 0.310 e. The lowest BCUT2D eigenvalue weighted by molar-refractivity contribution is 1.14. The lowest BCUT2D eigenvalue weighted by Crippen LogP contribution is -2.59. The molecule has 5 heteroatoms. The minimum Gasteiger partial charge on any atom is -0.310 e. The minimum absolute atomic E-state index is 0.162. The Morgan fingerprint density at radius 2 is 0.575 bits per heavy atom. The molecule has 2 aliphatic rings. The van der Waals surface area contributed by atoms with E-state index < -0.39 is 0 Å². The number of hydrogen-bond donors (Lipinski definition) is 0. The summed E-state index contributed by atoms with van der Waals surface area (Å²) in [5.41, 5.74) is 29.6. The highest BCUT2D eigenvalue weighted by Gasteiger charge is 2.43. The molecular formula is C82H51BN4. The summed E-state index contributed by atoms with van der Waals surface area (Å²) < 4.78 is 5.30. The van der Waals surface area contributed by atoms with Crippen LogP contribution in [0.25, 0.3) is 156 Å². The Morgan fingerprint density at radius 1 is 0.241 bits per heavy atom. The third-order valence-corrected chi connectivity index (χ3v) is 18.3. The van der Waals surface area contributed by atoms with Gasteiger partial charge in [0.15, 0.2) is 5.82 Å². The summed E-state index contributed by atoms with van der Waals surface area (Å²) in [6, 6.07) is 114. The summed E-state index contributed by atoms with van der Waals surface area (Å²) in [6.07, 6.45) is 0. The lowest BCUT2D eigenvalue weighted by Gasteiger charge is -2.34. The maximum absolute atomic E-state index is 5.64. The molecule has 13 aromatic carbocycles. The molecule has 87 heavy (non-hydrogen) atoms. The molecule has 2 aliphatic heterocycles. The summed E-state index contributed by atoms with van der Waals surface area (Å²) in [6.45, 7) is -0.162. The maximum Gasteiger partial charge on any atom is 0.252 e. The molecule has 0 atom stereocenters. The maximum atomic E-state index is 5.64. The summed E-state index contributed by atoms with van der Waals surface area (Å²) in [4.78, 5) is 11.0. The predicted molar refractivity (Wildman–Crippen MR) is 364 cm³/mol. The average Bonchev–Trinajstić information content (AvgIpc) is 1.57. The van der Waals surface area contributed by atoms with Crippen molar-refractivity contribution in [1.82, 2.24) is 19.1 Å². The van der Waals surface area contributed by atoms with E-state index in [4.69, 9.17) is 9.97 Å². The van der Waals surface area contributed by atoms with Gasteiger partial charge >= 0.3 is 0 Å². The molecule has 0 saturated heterocycles. The Kier molecular flexibility index (Phi) is 11.1. The highest BCUT2D eigenvalue weighted by atomic mass is 15.0. The van der Waals surface area contributed by atoms with Crippen LogP contribution in [0, 0.1) is 0 Å². The van der Waals surface area contributed by atoms with Gasteiger partial charge in [-0.05, 0) is 126 Å². The van der Waals surface area contributed by atoms with Gasteiger partial charge in [0.25, 0.3) is 6.71 Å². The molecular weight excluding hydrogens is 1050 g/mol. The third-order valence-electron chi connectivity index (χ3n) is 18.3. The van der Waals surface area contributed by atoms with Crippen LogP contribution in [0.1, 0.15) is 0 Å². The number of benzene rings is 13. The summed E-state index contributed by atoms with van der Waals surface area (Å²) in [5.74, 6) is 0.675. The van der Waals surface area contributed by atoms with Crippen LogP contribution in [0.3, 0.4) is 0 Å². The van der Waals surface area contributed by atoms with Crippen LogP contribution in [0.5, 0.6) is 0 Å². The summed E-state index contributed by atoms with van der Waals surface area (Å²) in [5, 5.41) is 4.94. The van der Waals surface area contributed by atoms with Gasteiger partial charge in [0.1, 0.15) is 0 Å². The van der Waals surface area contributed by atoms with Crippen LogP contribution in [-0.4, -0.2) is 25.8 Å². The van der Waals surface area contributed by atoms with Gasteiger partial charge in [-0.1, -0.05) is 267 Å². The molecule has 0 bridgehead atoms. The highest BCUT2D eigenvalue weighted by Crippen LogP contribution is 2.50. The Morgan fingerprint density at radius 3 is 0.966 bits per heavy atom. The van der Waals surface area contributed by atoms with Gasteiger partial charge in [-0.25, -0.2) is 9.97 Å². The third kappa shape index (κ3) is 7.66. The smallest absolute Gasteiger partial charge is 0.252 e. The SMILES string of the molecule is c1ccc(-c2cc(-c3ccccc3)c3c4c(-c5ccccc5)ccc5c4n(c3c2)-c2cc(-c3cc(-c4ccccc4)nc(-c4ccccc4)n3)cc3c2B5c2ccc(-c4ccccc4)c4c5c(-c6ccccc6)cc(-c6ccccc6)cc5n-3c24)cc1. The molecule has 0 N–H and O–H groups in total. The van der Waals surface area contributed by atoms with Crippen molar-refractivity contribution >= 4 is 66.7 Å². The summed E-state index contributed by atoms with van der Waals surface area (Å²) >= 11 is 0. The molecule has 18 rings (SSSR count). The molecule has 5 heterocycles. The number of nitrogens with zero attached hydrogens (tertiary/aromatic N) is 4. The van der Waals surface area contributed by atoms with Crippen LogP contribution in [0.2, 0.25) is 0 Å². The van der Waals surface area contributed by atoms with Gasteiger partial charge in [0.05, 0.1) is 33.5 Å². The second-order valence-electron chi connectivity index (χ2n) is 23.1. The molecule has 4 nitrogen and oxygen atoms in total. The number of fused-ring (bicyclic) bond motifs is 10. The van der Waals surface area contributed by atoms with Crippen molar-refractivity contribution in [2.75, 3.05) is 0 Å². The molecule has 0 unspecified atom stereocenters. The zero-order valence-corrected chi connectivity index (χ0v) is 47.3. The van der Waals surface area contributed by atoms with E-state index in [0.717, 1.165) is 61.6 Å². The number of hydrogen-bond acceptors (Lipinski definition) is 2. The molecule has 402 valence electrons. The molecule has 16 aromatic rings. The van der Waals surface area contributed by atoms with Crippen LogP contribution in [0.4, 0.5) is 0 Å². The van der Waals surface area contributed by atoms with Crippen molar-refractivity contribution in [2.45, 2.75) is 0 Å². The quantitative estimate of drug-likeness (QED) is 0.135. The second-order valence-corrected chi connectivity index (χ2v) is 23.1. The summed E-state index contributed by atoms with van der Waals surface area (Å²) in [7, 11) is 0. The van der Waals surface area contributed by atoms with E-state index in [9.17, 15) is 0 Å². The molecule has 0 radical (unpaired) electrons. The zero-order valence-electron chi connectivity index (χ0n) is 47.3. The van der Waals surface area contributed by atoms with Crippen molar-refractivity contribution in [3.8, 4) is 112 Å². The first-order valence-corrected chi connectivity index (χ1v) is 30.0. The topological polar surface area (TPSA) is 35.6 Å². The first-order chi connectivity index (χ1) is 43.2. The van der Waals surface area contributed by atoms with Crippen molar-refractivity contribution in [1.29, 1.82) is 0 Å². The van der Waals surface area contributed by atoms with Crippen LogP contribution in [0.15, 0.2) is 309 Å².